The zero-order valence-electron chi connectivity index (χ0n) is 17.3. The summed E-state index contributed by atoms with van der Waals surface area (Å²) in [5.74, 6) is -0.556. The topological polar surface area (TPSA) is 105 Å². The molecule has 4 rings (SSSR count). The molecule has 0 spiro atoms. The van der Waals surface area contributed by atoms with Gasteiger partial charge in [0.05, 0.1) is 26.1 Å². The molecule has 2 heterocycles. The number of benzene rings is 2. The standard InChI is InChI=1S/C23H18N4O5/c1-30-22(28)19-20(15-8-10-17(11-9-15)32-18-14-24-12-13-25-18)26-27(21(19)23(29)31-2)16-6-4-3-5-7-16/h3-14H,1-2H3. The van der Waals surface area contributed by atoms with Crippen molar-refractivity contribution < 1.29 is 23.8 Å². The lowest BCUT2D eigenvalue weighted by Gasteiger charge is -2.07. The summed E-state index contributed by atoms with van der Waals surface area (Å²) in [5, 5.41) is 4.55. The Hall–Kier alpha value is -4.53. The Bertz CT molecular complexity index is 1240. The zero-order valence-corrected chi connectivity index (χ0v) is 17.3. The molecular formula is C23H18N4O5. The largest absolute Gasteiger partial charge is 0.465 e. The average molecular weight is 430 g/mol. The molecule has 9 nitrogen and oxygen atoms in total. The lowest BCUT2D eigenvalue weighted by Crippen LogP contribution is -2.15. The van der Waals surface area contributed by atoms with Crippen LogP contribution >= 0.6 is 0 Å². The Kier molecular flexibility index (Phi) is 5.89. The van der Waals surface area contributed by atoms with Gasteiger partial charge in [0.1, 0.15) is 17.0 Å². The van der Waals surface area contributed by atoms with E-state index < -0.39 is 11.9 Å². The van der Waals surface area contributed by atoms with Gasteiger partial charge in [0, 0.05) is 18.0 Å². The smallest absolute Gasteiger partial charge is 0.357 e. The fourth-order valence-electron chi connectivity index (χ4n) is 3.10. The first-order valence-electron chi connectivity index (χ1n) is 9.51. The van der Waals surface area contributed by atoms with Gasteiger partial charge in [-0.25, -0.2) is 19.3 Å². The SMILES string of the molecule is COC(=O)c1c(-c2ccc(Oc3cnccn3)cc2)nn(-c2ccccc2)c1C(=O)OC. The van der Waals surface area contributed by atoms with Crippen molar-refractivity contribution in [1.29, 1.82) is 0 Å². The van der Waals surface area contributed by atoms with Crippen molar-refractivity contribution in [2.45, 2.75) is 0 Å². The van der Waals surface area contributed by atoms with Crippen LogP contribution in [0.1, 0.15) is 20.8 Å². The molecule has 2 aromatic heterocycles. The lowest BCUT2D eigenvalue weighted by atomic mass is 10.1. The van der Waals surface area contributed by atoms with Crippen molar-refractivity contribution in [3.05, 3.63) is 84.4 Å². The van der Waals surface area contributed by atoms with Crippen molar-refractivity contribution in [2.24, 2.45) is 0 Å². The first kappa shape index (κ1) is 20.7. The molecule has 0 atom stereocenters. The summed E-state index contributed by atoms with van der Waals surface area (Å²) in [7, 11) is 2.48. The van der Waals surface area contributed by atoms with Gasteiger partial charge in [-0.3, -0.25) is 4.98 Å². The minimum Gasteiger partial charge on any atom is -0.465 e. The predicted molar refractivity (Wildman–Crippen MR) is 114 cm³/mol. The minimum absolute atomic E-state index is 0.00537. The summed E-state index contributed by atoms with van der Waals surface area (Å²) in [6.07, 6.45) is 4.57. The number of carbonyl (C=O) groups excluding carboxylic acids is 2. The number of esters is 2. The number of methoxy groups -OCH3 is 2. The molecule has 0 aliphatic rings. The fourth-order valence-corrected chi connectivity index (χ4v) is 3.10. The molecule has 0 amide bonds. The maximum absolute atomic E-state index is 12.7. The normalized spacial score (nSPS) is 10.4. The van der Waals surface area contributed by atoms with E-state index in [-0.39, 0.29) is 17.0 Å². The third-order valence-electron chi connectivity index (χ3n) is 4.54. The van der Waals surface area contributed by atoms with Crippen molar-refractivity contribution >= 4 is 11.9 Å². The number of ether oxygens (including phenoxy) is 3. The summed E-state index contributed by atoms with van der Waals surface area (Å²) in [4.78, 5) is 33.3. The molecule has 0 saturated heterocycles. The number of para-hydroxylation sites is 1. The van der Waals surface area contributed by atoms with E-state index in [1.165, 1.54) is 31.3 Å². The maximum atomic E-state index is 12.7. The van der Waals surface area contributed by atoms with Crippen LogP contribution in [-0.4, -0.2) is 45.9 Å². The van der Waals surface area contributed by atoms with E-state index in [9.17, 15) is 9.59 Å². The van der Waals surface area contributed by atoms with Gasteiger partial charge < -0.3 is 14.2 Å². The van der Waals surface area contributed by atoms with E-state index in [0.717, 1.165) is 0 Å². The zero-order chi connectivity index (χ0) is 22.5. The molecule has 4 aromatic rings. The highest BCUT2D eigenvalue weighted by molar-refractivity contribution is 6.06. The van der Waals surface area contributed by atoms with Gasteiger partial charge in [0.15, 0.2) is 5.69 Å². The van der Waals surface area contributed by atoms with Crippen LogP contribution in [0.5, 0.6) is 11.6 Å². The van der Waals surface area contributed by atoms with Crippen molar-refractivity contribution in [1.82, 2.24) is 19.7 Å². The Morgan fingerprint density at radius 3 is 2.22 bits per heavy atom. The summed E-state index contributed by atoms with van der Waals surface area (Å²) in [6.45, 7) is 0. The lowest BCUT2D eigenvalue weighted by molar-refractivity contribution is 0.0549. The highest BCUT2D eigenvalue weighted by Crippen LogP contribution is 2.31. The second kappa shape index (κ2) is 9.09. The summed E-state index contributed by atoms with van der Waals surface area (Å²) in [5.41, 5.74) is 1.42. The van der Waals surface area contributed by atoms with Crippen LogP contribution in [-0.2, 0) is 9.47 Å². The van der Waals surface area contributed by atoms with Crippen molar-refractivity contribution in [3.63, 3.8) is 0 Å². The molecule has 32 heavy (non-hydrogen) atoms. The molecule has 0 unspecified atom stereocenters. The first-order chi connectivity index (χ1) is 15.6. The quantitative estimate of drug-likeness (QED) is 0.427. The van der Waals surface area contributed by atoms with Gasteiger partial charge in [-0.05, 0) is 36.4 Å². The Balaban J connectivity index is 1.82. The molecule has 9 heteroatoms. The molecule has 0 bridgehead atoms. The fraction of sp³-hybridized carbons (Fsp3) is 0.0870. The third kappa shape index (κ3) is 4.04. The molecule has 0 radical (unpaired) electrons. The molecule has 0 fully saturated rings. The van der Waals surface area contributed by atoms with Gasteiger partial charge >= 0.3 is 11.9 Å². The van der Waals surface area contributed by atoms with Gasteiger partial charge in [0.25, 0.3) is 0 Å². The summed E-state index contributed by atoms with van der Waals surface area (Å²) in [6, 6.07) is 15.8. The second-order valence-corrected chi connectivity index (χ2v) is 6.47. The molecule has 0 saturated carbocycles. The molecule has 2 aromatic carbocycles. The predicted octanol–water partition coefficient (Wildman–Crippen LogP) is 3.69. The molecule has 0 N–H and O–H groups in total. The first-order valence-corrected chi connectivity index (χ1v) is 9.51. The summed E-state index contributed by atoms with van der Waals surface area (Å²) < 4.78 is 16.9. The van der Waals surface area contributed by atoms with Crippen LogP contribution in [0.3, 0.4) is 0 Å². The number of carbonyl (C=O) groups is 2. The highest BCUT2D eigenvalue weighted by Gasteiger charge is 2.31. The van der Waals surface area contributed by atoms with Crippen LogP contribution in [0, 0.1) is 0 Å². The molecular weight excluding hydrogens is 412 g/mol. The maximum Gasteiger partial charge on any atom is 0.357 e. The Morgan fingerprint density at radius 1 is 0.875 bits per heavy atom. The van der Waals surface area contributed by atoms with Gasteiger partial charge in [-0.15, -0.1) is 0 Å². The number of nitrogens with zero attached hydrogens (tertiary/aromatic N) is 4. The second-order valence-electron chi connectivity index (χ2n) is 6.47. The van der Waals surface area contributed by atoms with E-state index in [2.05, 4.69) is 15.1 Å². The third-order valence-corrected chi connectivity index (χ3v) is 4.54. The van der Waals surface area contributed by atoms with Crippen LogP contribution in [0.4, 0.5) is 0 Å². The molecule has 0 aliphatic carbocycles. The van der Waals surface area contributed by atoms with E-state index in [4.69, 9.17) is 14.2 Å². The number of rotatable bonds is 6. The van der Waals surface area contributed by atoms with E-state index in [0.29, 0.717) is 22.9 Å². The van der Waals surface area contributed by atoms with Crippen molar-refractivity contribution in [2.75, 3.05) is 14.2 Å². The van der Waals surface area contributed by atoms with Crippen LogP contribution in [0.25, 0.3) is 16.9 Å². The monoisotopic (exact) mass is 430 g/mol. The highest BCUT2D eigenvalue weighted by atomic mass is 16.5. The Morgan fingerprint density at radius 2 is 1.59 bits per heavy atom. The van der Waals surface area contributed by atoms with E-state index in [1.54, 1.807) is 54.7 Å². The minimum atomic E-state index is -0.712. The van der Waals surface area contributed by atoms with Gasteiger partial charge in [-0.1, -0.05) is 18.2 Å². The summed E-state index contributed by atoms with van der Waals surface area (Å²) >= 11 is 0. The number of hydrogen-bond donors (Lipinski definition) is 0. The van der Waals surface area contributed by atoms with Crippen molar-refractivity contribution in [3.8, 4) is 28.6 Å². The van der Waals surface area contributed by atoms with E-state index >= 15 is 0 Å². The van der Waals surface area contributed by atoms with Crippen LogP contribution in [0.15, 0.2) is 73.2 Å². The van der Waals surface area contributed by atoms with Gasteiger partial charge in [0.2, 0.25) is 5.88 Å². The molecule has 160 valence electrons. The van der Waals surface area contributed by atoms with Crippen LogP contribution < -0.4 is 4.74 Å². The average Bonchev–Trinajstić information content (AvgIpc) is 3.25. The number of hydrogen-bond acceptors (Lipinski definition) is 8. The van der Waals surface area contributed by atoms with Gasteiger partial charge in [-0.2, -0.15) is 5.10 Å². The molecule has 0 aliphatic heterocycles. The van der Waals surface area contributed by atoms with E-state index in [1.807, 2.05) is 6.07 Å². The number of aromatic nitrogens is 4. The Labute approximate surface area is 183 Å². The van der Waals surface area contributed by atoms with Crippen LogP contribution in [0.2, 0.25) is 0 Å².